The Labute approximate surface area is 115 Å². The Bertz CT molecular complexity index is 588. The second kappa shape index (κ2) is 5.41. The minimum absolute atomic E-state index is 0.0215. The molecular weight excluding hydrogens is 324 g/mol. The van der Waals surface area contributed by atoms with Crippen LogP contribution in [0.15, 0.2) is 34.9 Å². The molecule has 1 aromatic heterocycles. The molecule has 1 aromatic carbocycles. The fourth-order valence-electron chi connectivity index (χ4n) is 1.28. The molecule has 1 heterocycles. The summed E-state index contributed by atoms with van der Waals surface area (Å²) in [5, 5.41) is 2.51. The number of nitrogens with one attached hydrogen (secondary N) is 1. The largest absolute Gasteiger partial charge is 0.306 e. The first-order valence-electron chi connectivity index (χ1n) is 4.80. The van der Waals surface area contributed by atoms with E-state index in [0.717, 1.165) is 6.07 Å². The van der Waals surface area contributed by atoms with Crippen molar-refractivity contribution in [2.45, 2.75) is 0 Å². The van der Waals surface area contributed by atoms with Gasteiger partial charge in [0.1, 0.15) is 11.6 Å². The highest BCUT2D eigenvalue weighted by Gasteiger charge is 2.09. The molecule has 0 radical (unpaired) electrons. The van der Waals surface area contributed by atoms with E-state index in [-0.39, 0.29) is 16.7 Å². The van der Waals surface area contributed by atoms with E-state index in [1.165, 1.54) is 24.4 Å². The summed E-state index contributed by atoms with van der Waals surface area (Å²) in [6.07, 6.45) is 1.41. The molecular formula is C11H6BrClFN3O. The van der Waals surface area contributed by atoms with Crippen LogP contribution < -0.4 is 5.32 Å². The quantitative estimate of drug-likeness (QED) is 0.860. The van der Waals surface area contributed by atoms with E-state index in [9.17, 15) is 9.18 Å². The number of aromatic nitrogens is 2. The summed E-state index contributed by atoms with van der Waals surface area (Å²) in [6, 6.07) is 5.38. The molecule has 1 amide bonds. The van der Waals surface area contributed by atoms with Crippen molar-refractivity contribution in [1.82, 2.24) is 9.97 Å². The van der Waals surface area contributed by atoms with Gasteiger partial charge in [-0.05, 0) is 35.9 Å². The van der Waals surface area contributed by atoms with Gasteiger partial charge in [-0.25, -0.2) is 14.4 Å². The Morgan fingerprint density at radius 3 is 2.83 bits per heavy atom. The van der Waals surface area contributed by atoms with Gasteiger partial charge in [0.15, 0.2) is 0 Å². The lowest BCUT2D eigenvalue weighted by atomic mass is 10.2. The molecule has 0 spiro atoms. The average Bonchev–Trinajstić information content (AvgIpc) is 2.27. The van der Waals surface area contributed by atoms with Crippen molar-refractivity contribution in [3.05, 3.63) is 51.6 Å². The van der Waals surface area contributed by atoms with Gasteiger partial charge in [-0.15, -0.1) is 0 Å². The summed E-state index contributed by atoms with van der Waals surface area (Å²) in [4.78, 5) is 19.3. The Hall–Kier alpha value is -1.53. The van der Waals surface area contributed by atoms with Crippen LogP contribution in [-0.4, -0.2) is 15.9 Å². The predicted octanol–water partition coefficient (Wildman–Crippen LogP) is 3.28. The molecule has 0 saturated heterocycles. The predicted molar refractivity (Wildman–Crippen MR) is 69.1 cm³/mol. The number of hydrogen-bond acceptors (Lipinski definition) is 3. The van der Waals surface area contributed by atoms with Crippen LogP contribution in [0.25, 0.3) is 0 Å². The maximum atomic E-state index is 13.1. The summed E-state index contributed by atoms with van der Waals surface area (Å²) < 4.78 is 13.6. The lowest BCUT2D eigenvalue weighted by Gasteiger charge is -2.05. The van der Waals surface area contributed by atoms with Gasteiger partial charge in [-0.2, -0.15) is 0 Å². The summed E-state index contributed by atoms with van der Waals surface area (Å²) >= 11 is 8.70. The molecule has 18 heavy (non-hydrogen) atoms. The van der Waals surface area contributed by atoms with Gasteiger partial charge in [-0.1, -0.05) is 15.9 Å². The molecule has 0 aliphatic carbocycles. The van der Waals surface area contributed by atoms with Crippen LogP contribution in [0, 0.1) is 5.82 Å². The minimum atomic E-state index is -0.504. The van der Waals surface area contributed by atoms with Gasteiger partial charge >= 0.3 is 0 Å². The van der Waals surface area contributed by atoms with Gasteiger partial charge in [0, 0.05) is 16.2 Å². The fraction of sp³-hybridized carbons (Fsp3) is 0. The molecule has 0 unspecified atom stereocenters. The van der Waals surface area contributed by atoms with E-state index in [2.05, 4.69) is 31.2 Å². The first-order chi connectivity index (χ1) is 8.54. The van der Waals surface area contributed by atoms with Crippen molar-refractivity contribution in [2.24, 2.45) is 0 Å². The Balaban J connectivity index is 2.22. The van der Waals surface area contributed by atoms with E-state index in [1.54, 1.807) is 0 Å². The Morgan fingerprint density at radius 1 is 1.39 bits per heavy atom. The first-order valence-corrected chi connectivity index (χ1v) is 5.98. The van der Waals surface area contributed by atoms with E-state index in [4.69, 9.17) is 11.6 Å². The molecule has 0 aliphatic rings. The normalized spacial score (nSPS) is 10.2. The zero-order valence-electron chi connectivity index (χ0n) is 8.82. The zero-order valence-corrected chi connectivity index (χ0v) is 11.2. The van der Waals surface area contributed by atoms with Crippen LogP contribution >= 0.6 is 27.5 Å². The zero-order chi connectivity index (χ0) is 13.1. The third-order valence-corrected chi connectivity index (χ3v) is 2.63. The lowest BCUT2D eigenvalue weighted by molar-refractivity contribution is 0.102. The van der Waals surface area contributed by atoms with Crippen molar-refractivity contribution in [1.29, 1.82) is 0 Å². The topological polar surface area (TPSA) is 54.9 Å². The van der Waals surface area contributed by atoms with Gasteiger partial charge in [0.25, 0.3) is 5.91 Å². The molecule has 4 nitrogen and oxygen atoms in total. The molecule has 0 aliphatic heterocycles. The minimum Gasteiger partial charge on any atom is -0.306 e. The number of anilines is 1. The highest BCUT2D eigenvalue weighted by Crippen LogP contribution is 2.16. The van der Waals surface area contributed by atoms with E-state index < -0.39 is 11.7 Å². The molecule has 0 atom stereocenters. The monoisotopic (exact) mass is 329 g/mol. The summed E-state index contributed by atoms with van der Waals surface area (Å²) in [6.45, 7) is 0. The molecule has 92 valence electrons. The number of nitrogens with zero attached hydrogens (tertiary/aromatic N) is 2. The highest BCUT2D eigenvalue weighted by atomic mass is 79.9. The summed E-state index contributed by atoms with van der Waals surface area (Å²) in [5.74, 6) is -0.736. The van der Waals surface area contributed by atoms with Crippen molar-refractivity contribution in [2.75, 3.05) is 5.32 Å². The van der Waals surface area contributed by atoms with Gasteiger partial charge in [0.2, 0.25) is 5.28 Å². The number of rotatable bonds is 2. The second-order valence-corrected chi connectivity index (χ2v) is 4.58. The SMILES string of the molecule is O=C(Nc1ccnc(Cl)n1)c1cc(F)cc(Br)c1. The number of halogens is 3. The average molecular weight is 331 g/mol. The van der Waals surface area contributed by atoms with Gasteiger partial charge in [0.05, 0.1) is 0 Å². The maximum absolute atomic E-state index is 13.1. The third kappa shape index (κ3) is 3.24. The van der Waals surface area contributed by atoms with Crippen molar-refractivity contribution < 1.29 is 9.18 Å². The molecule has 1 N–H and O–H groups in total. The molecule has 0 saturated carbocycles. The number of hydrogen-bond donors (Lipinski definition) is 1. The smallest absolute Gasteiger partial charge is 0.256 e. The van der Waals surface area contributed by atoms with Crippen LogP contribution in [0.5, 0.6) is 0 Å². The van der Waals surface area contributed by atoms with Crippen molar-refractivity contribution in [3.8, 4) is 0 Å². The Kier molecular flexibility index (Phi) is 3.88. The standard InChI is InChI=1S/C11H6BrClFN3O/c12-7-3-6(4-8(14)5-7)10(18)16-9-1-2-15-11(13)17-9/h1-5H,(H,15,16,17,18). The van der Waals surface area contributed by atoms with Gasteiger partial charge in [-0.3, -0.25) is 4.79 Å². The lowest BCUT2D eigenvalue weighted by Crippen LogP contribution is -2.13. The van der Waals surface area contributed by atoms with E-state index in [0.29, 0.717) is 4.47 Å². The summed E-state index contributed by atoms with van der Waals surface area (Å²) in [5.41, 5.74) is 0.177. The van der Waals surface area contributed by atoms with Crippen molar-refractivity contribution in [3.63, 3.8) is 0 Å². The molecule has 0 fully saturated rings. The number of carbonyl (C=O) groups is 1. The van der Waals surface area contributed by atoms with Crippen molar-refractivity contribution >= 4 is 39.3 Å². The molecule has 7 heteroatoms. The first kappa shape index (κ1) is 12.9. The number of carbonyl (C=O) groups excluding carboxylic acids is 1. The Morgan fingerprint density at radius 2 is 2.17 bits per heavy atom. The van der Waals surface area contributed by atoms with Crippen LogP contribution in [0.3, 0.4) is 0 Å². The van der Waals surface area contributed by atoms with Crippen LogP contribution in [0.4, 0.5) is 10.2 Å². The number of amides is 1. The van der Waals surface area contributed by atoms with Crippen LogP contribution in [-0.2, 0) is 0 Å². The van der Waals surface area contributed by atoms with E-state index >= 15 is 0 Å². The van der Waals surface area contributed by atoms with E-state index in [1.807, 2.05) is 0 Å². The highest BCUT2D eigenvalue weighted by molar-refractivity contribution is 9.10. The summed E-state index contributed by atoms with van der Waals surface area (Å²) in [7, 11) is 0. The second-order valence-electron chi connectivity index (χ2n) is 3.32. The molecule has 2 aromatic rings. The molecule has 0 bridgehead atoms. The van der Waals surface area contributed by atoms with Crippen LogP contribution in [0.2, 0.25) is 5.28 Å². The maximum Gasteiger partial charge on any atom is 0.256 e. The van der Waals surface area contributed by atoms with Gasteiger partial charge < -0.3 is 5.32 Å². The fourth-order valence-corrected chi connectivity index (χ4v) is 1.89. The van der Waals surface area contributed by atoms with Crippen LogP contribution in [0.1, 0.15) is 10.4 Å². The molecule has 2 rings (SSSR count). The number of benzene rings is 1. The third-order valence-electron chi connectivity index (χ3n) is 1.99.